The molecule has 0 aliphatic heterocycles. The topological polar surface area (TPSA) is 3.24 Å². The van der Waals surface area contributed by atoms with E-state index in [4.69, 9.17) is 0 Å². The summed E-state index contributed by atoms with van der Waals surface area (Å²) in [6.07, 6.45) is 10.8. The fourth-order valence-electron chi connectivity index (χ4n) is 6.90. The smallest absolute Gasteiger partial charge is 0.0468 e. The molecule has 0 radical (unpaired) electrons. The first-order chi connectivity index (χ1) is 27.0. The molecule has 0 bridgehead atoms. The molecule has 1 heteroatoms. The molecule has 0 amide bonds. The van der Waals surface area contributed by atoms with Gasteiger partial charge in [0, 0.05) is 17.1 Å². The summed E-state index contributed by atoms with van der Waals surface area (Å²) in [6, 6.07) is 65.4. The molecule has 0 saturated carbocycles. The molecule has 0 N–H and O–H groups in total. The highest BCUT2D eigenvalue weighted by Crippen LogP contribution is 2.41. The highest BCUT2D eigenvalue weighted by molar-refractivity contribution is 5.88. The van der Waals surface area contributed by atoms with Gasteiger partial charge in [0.1, 0.15) is 0 Å². The first-order valence-corrected chi connectivity index (χ1v) is 19.0. The van der Waals surface area contributed by atoms with Gasteiger partial charge in [-0.2, -0.15) is 0 Å². The van der Waals surface area contributed by atoms with Gasteiger partial charge in [-0.15, -0.1) is 0 Å². The minimum absolute atomic E-state index is 1.09. The molecular weight excluding hydrogens is 663 g/mol. The first kappa shape index (κ1) is 36.6. The molecule has 7 rings (SSSR count). The monoisotopic (exact) mass is 709 g/mol. The van der Waals surface area contributed by atoms with Crippen LogP contribution in [0, 0.1) is 0 Å². The lowest BCUT2D eigenvalue weighted by Gasteiger charge is -2.27. The molecule has 7 aromatic carbocycles. The van der Waals surface area contributed by atoms with Gasteiger partial charge in [-0.1, -0.05) is 170 Å². The molecule has 268 valence electrons. The summed E-state index contributed by atoms with van der Waals surface area (Å²) in [5, 5.41) is 0. The van der Waals surface area contributed by atoms with Crippen LogP contribution in [0.5, 0.6) is 0 Å². The Kier molecular flexibility index (Phi) is 11.6. The second kappa shape index (κ2) is 17.4. The van der Waals surface area contributed by atoms with Gasteiger partial charge in [-0.25, -0.2) is 0 Å². The van der Waals surface area contributed by atoms with Crippen molar-refractivity contribution >= 4 is 22.6 Å². The third-order valence-corrected chi connectivity index (χ3v) is 10.2. The first-order valence-electron chi connectivity index (χ1n) is 19.0. The zero-order valence-electron chi connectivity index (χ0n) is 32.2. The van der Waals surface area contributed by atoms with E-state index in [1.807, 2.05) is 6.92 Å². The van der Waals surface area contributed by atoms with Crippen molar-refractivity contribution < 1.29 is 0 Å². The maximum absolute atomic E-state index is 2.37. The van der Waals surface area contributed by atoms with Crippen LogP contribution in [0.25, 0.3) is 50.1 Å². The molecule has 0 aromatic heterocycles. The number of anilines is 3. The van der Waals surface area contributed by atoms with Crippen LogP contribution in [0.2, 0.25) is 0 Å². The van der Waals surface area contributed by atoms with Crippen molar-refractivity contribution in [1.29, 1.82) is 0 Å². The molecule has 0 heterocycles. The third-order valence-electron chi connectivity index (χ3n) is 10.2. The van der Waals surface area contributed by atoms with Gasteiger partial charge in [-0.3, -0.25) is 0 Å². The Hall–Kier alpha value is -6.70. The van der Waals surface area contributed by atoms with Crippen molar-refractivity contribution in [2.45, 2.75) is 27.7 Å². The van der Waals surface area contributed by atoms with E-state index in [9.17, 15) is 0 Å². The standard InChI is InChI=1S/C54H47N/c1-5-6-17-40(2)41(3)26-27-42(4)54-39-52(36-37-53(54)49-25-16-24-48(38-49)45-22-14-9-15-23-45)55(50-32-28-46(29-33-50)43-18-10-7-11-19-43)51-34-30-47(31-35-51)44-20-12-8-13-21-44/h5-39H,1-4H3/b6-5-,40-17+,41-26+,42-27+. The second-order valence-electron chi connectivity index (χ2n) is 13.9. The van der Waals surface area contributed by atoms with Crippen molar-refractivity contribution in [3.05, 3.63) is 229 Å². The van der Waals surface area contributed by atoms with E-state index < -0.39 is 0 Å². The predicted octanol–water partition coefficient (Wildman–Crippen LogP) is 15.7. The normalized spacial score (nSPS) is 12.3. The van der Waals surface area contributed by atoms with Crippen LogP contribution in [-0.2, 0) is 0 Å². The van der Waals surface area contributed by atoms with Crippen LogP contribution in [0.1, 0.15) is 33.3 Å². The van der Waals surface area contributed by atoms with Gasteiger partial charge < -0.3 is 4.90 Å². The van der Waals surface area contributed by atoms with E-state index >= 15 is 0 Å². The maximum atomic E-state index is 2.37. The van der Waals surface area contributed by atoms with Gasteiger partial charge in [0.15, 0.2) is 0 Å². The van der Waals surface area contributed by atoms with Crippen molar-refractivity contribution in [2.75, 3.05) is 4.90 Å². The van der Waals surface area contributed by atoms with Gasteiger partial charge in [-0.05, 0) is 137 Å². The highest BCUT2D eigenvalue weighted by atomic mass is 15.1. The number of allylic oxidation sites excluding steroid dienone is 8. The van der Waals surface area contributed by atoms with E-state index in [-0.39, 0.29) is 0 Å². The third kappa shape index (κ3) is 8.75. The Labute approximate surface area is 327 Å². The molecule has 0 fully saturated rings. The summed E-state index contributed by atoms with van der Waals surface area (Å²) in [6.45, 7) is 8.62. The highest BCUT2D eigenvalue weighted by Gasteiger charge is 2.17. The fourth-order valence-corrected chi connectivity index (χ4v) is 6.90. The van der Waals surface area contributed by atoms with Crippen LogP contribution < -0.4 is 4.90 Å². The molecule has 0 aliphatic rings. The molecule has 0 unspecified atom stereocenters. The van der Waals surface area contributed by atoms with E-state index in [1.54, 1.807) is 0 Å². The minimum Gasteiger partial charge on any atom is -0.310 e. The summed E-state index contributed by atoms with van der Waals surface area (Å²) in [7, 11) is 0. The van der Waals surface area contributed by atoms with Crippen LogP contribution >= 0.6 is 0 Å². The average molecular weight is 710 g/mol. The zero-order valence-corrected chi connectivity index (χ0v) is 32.2. The Morgan fingerprint density at radius 3 is 1.35 bits per heavy atom. The number of rotatable bonds is 11. The van der Waals surface area contributed by atoms with Gasteiger partial charge in [0.05, 0.1) is 0 Å². The van der Waals surface area contributed by atoms with Gasteiger partial charge in [0.25, 0.3) is 0 Å². The summed E-state index contributed by atoms with van der Waals surface area (Å²) in [5.41, 5.74) is 17.7. The lowest BCUT2D eigenvalue weighted by Crippen LogP contribution is -2.10. The summed E-state index contributed by atoms with van der Waals surface area (Å²) in [5.74, 6) is 0. The van der Waals surface area contributed by atoms with Crippen molar-refractivity contribution in [3.63, 3.8) is 0 Å². The minimum atomic E-state index is 1.09. The maximum Gasteiger partial charge on any atom is 0.0468 e. The van der Waals surface area contributed by atoms with E-state index in [0.717, 1.165) is 17.1 Å². The molecule has 0 aliphatic carbocycles. The zero-order chi connectivity index (χ0) is 38.0. The largest absolute Gasteiger partial charge is 0.310 e. The Morgan fingerprint density at radius 1 is 0.382 bits per heavy atom. The van der Waals surface area contributed by atoms with Crippen molar-refractivity contribution in [2.24, 2.45) is 0 Å². The van der Waals surface area contributed by atoms with Crippen molar-refractivity contribution in [1.82, 2.24) is 0 Å². The summed E-state index contributed by atoms with van der Waals surface area (Å²) >= 11 is 0. The predicted molar refractivity (Wildman–Crippen MR) is 239 cm³/mol. The lowest BCUT2D eigenvalue weighted by molar-refractivity contribution is 1.28. The second-order valence-corrected chi connectivity index (χ2v) is 13.9. The molecular formula is C54H47N. The molecule has 0 atom stereocenters. The molecule has 0 spiro atoms. The summed E-state index contributed by atoms with van der Waals surface area (Å²) < 4.78 is 0. The molecule has 55 heavy (non-hydrogen) atoms. The van der Waals surface area contributed by atoms with Crippen LogP contribution in [0.3, 0.4) is 0 Å². The molecule has 1 nitrogen and oxygen atoms in total. The SMILES string of the molecule is C\C=C/C=C(C)/C(C)=C/C=C(\C)c1cc(N(c2ccc(-c3ccccc3)cc2)c2ccc(-c3ccccc3)cc2)ccc1-c1cccc(-c2ccccc2)c1. The Morgan fingerprint density at radius 2 is 0.818 bits per heavy atom. The lowest BCUT2D eigenvalue weighted by atomic mass is 9.91. The van der Waals surface area contributed by atoms with Gasteiger partial charge in [0.2, 0.25) is 0 Å². The van der Waals surface area contributed by atoms with Gasteiger partial charge >= 0.3 is 0 Å². The molecule has 0 saturated heterocycles. The van der Waals surface area contributed by atoms with E-state index in [2.05, 4.69) is 238 Å². The Balaban J connectivity index is 1.37. The molecule has 7 aromatic rings. The van der Waals surface area contributed by atoms with E-state index in [1.165, 1.54) is 66.8 Å². The number of benzene rings is 7. The van der Waals surface area contributed by atoms with Crippen LogP contribution in [-0.4, -0.2) is 0 Å². The van der Waals surface area contributed by atoms with Crippen LogP contribution in [0.15, 0.2) is 224 Å². The quantitative estimate of drug-likeness (QED) is 0.121. The fraction of sp³-hybridized carbons (Fsp3) is 0.0741. The number of hydrogen-bond donors (Lipinski definition) is 0. The average Bonchev–Trinajstić information content (AvgIpc) is 3.26. The summed E-state index contributed by atoms with van der Waals surface area (Å²) in [4.78, 5) is 2.37. The Bertz CT molecular complexity index is 2380. The van der Waals surface area contributed by atoms with E-state index in [0.29, 0.717) is 0 Å². The number of nitrogens with zero attached hydrogens (tertiary/aromatic N) is 1. The van der Waals surface area contributed by atoms with Crippen molar-refractivity contribution in [3.8, 4) is 44.5 Å². The number of hydrogen-bond acceptors (Lipinski definition) is 1. The van der Waals surface area contributed by atoms with Crippen LogP contribution in [0.4, 0.5) is 17.1 Å².